The van der Waals surface area contributed by atoms with Gasteiger partial charge in [0.05, 0.1) is 0 Å². The van der Waals surface area contributed by atoms with Crippen LogP contribution in [0.1, 0.15) is 61.4 Å². The summed E-state index contributed by atoms with van der Waals surface area (Å²) in [6.45, 7) is 6.58. The lowest BCUT2D eigenvalue weighted by Gasteiger charge is -2.31. The third-order valence-corrected chi connectivity index (χ3v) is 5.51. The van der Waals surface area contributed by atoms with Crippen LogP contribution in [-0.4, -0.2) is 5.78 Å². The molecular weight excluding hydrogens is 312 g/mol. The summed E-state index contributed by atoms with van der Waals surface area (Å²) >= 11 is 0. The summed E-state index contributed by atoms with van der Waals surface area (Å²) in [6.07, 6.45) is 8.88. The van der Waals surface area contributed by atoms with Crippen LogP contribution < -0.4 is 5.63 Å². The number of Topliss-reactive ketones (excluding diaryl/α,β-unsaturated/α-hetero) is 1. The quantitative estimate of drug-likeness (QED) is 0.764. The highest BCUT2D eigenvalue weighted by molar-refractivity contribution is 5.96. The van der Waals surface area contributed by atoms with Crippen LogP contribution >= 0.6 is 0 Å². The molecule has 0 saturated heterocycles. The van der Waals surface area contributed by atoms with Gasteiger partial charge in [0, 0.05) is 29.9 Å². The summed E-state index contributed by atoms with van der Waals surface area (Å²) in [4.78, 5) is 24.3. The lowest BCUT2D eigenvalue weighted by atomic mass is 9.73. The lowest BCUT2D eigenvalue weighted by Crippen LogP contribution is -2.22. The van der Waals surface area contributed by atoms with E-state index in [-0.39, 0.29) is 16.8 Å². The monoisotopic (exact) mass is 336 g/mol. The fraction of sp³-hybridized carbons (Fsp3) is 0.455. The molecule has 0 saturated carbocycles. The zero-order valence-electron chi connectivity index (χ0n) is 15.2. The van der Waals surface area contributed by atoms with Crippen LogP contribution in [0.4, 0.5) is 0 Å². The zero-order valence-corrected chi connectivity index (χ0v) is 15.2. The molecule has 4 rings (SSSR count). The molecule has 3 heteroatoms. The van der Waals surface area contributed by atoms with Gasteiger partial charge < -0.3 is 4.42 Å². The Hall–Kier alpha value is -2.16. The molecule has 1 heterocycles. The normalized spacial score (nSPS) is 18.3. The van der Waals surface area contributed by atoms with Gasteiger partial charge in [0.15, 0.2) is 0 Å². The first kappa shape index (κ1) is 16.3. The van der Waals surface area contributed by atoms with Crippen molar-refractivity contribution >= 4 is 22.8 Å². The summed E-state index contributed by atoms with van der Waals surface area (Å²) in [5.41, 5.74) is 6.23. The van der Waals surface area contributed by atoms with Gasteiger partial charge in [0.1, 0.15) is 11.4 Å². The largest absolute Gasteiger partial charge is 0.422 e. The zero-order chi connectivity index (χ0) is 17.8. The maximum Gasteiger partial charge on any atom is 0.336 e. The van der Waals surface area contributed by atoms with Crippen LogP contribution in [0.25, 0.3) is 17.0 Å². The Morgan fingerprint density at radius 3 is 2.68 bits per heavy atom. The maximum atomic E-state index is 12.2. The number of allylic oxidation sites excluding steroid dienone is 1. The molecule has 3 nitrogen and oxygen atoms in total. The Kier molecular flexibility index (Phi) is 3.71. The van der Waals surface area contributed by atoms with Gasteiger partial charge in [-0.1, -0.05) is 39.3 Å². The van der Waals surface area contributed by atoms with Crippen molar-refractivity contribution in [1.82, 2.24) is 0 Å². The number of ketones is 1. The Morgan fingerprint density at radius 1 is 1.12 bits per heavy atom. The van der Waals surface area contributed by atoms with Crippen LogP contribution in [0.15, 0.2) is 21.4 Å². The SMILES string of the molecule is CCCc1cc(=O)oc2c3c(c4c(c12)CC(C)(C)C=C4)CC(=O)CC3. The van der Waals surface area contributed by atoms with Crippen molar-refractivity contribution < 1.29 is 9.21 Å². The highest BCUT2D eigenvalue weighted by Gasteiger charge is 2.31. The number of hydrogen-bond acceptors (Lipinski definition) is 3. The van der Waals surface area contributed by atoms with E-state index in [0.29, 0.717) is 19.3 Å². The first-order valence-corrected chi connectivity index (χ1v) is 9.24. The number of carbonyl (C=O) groups excluding carboxylic acids is 1. The van der Waals surface area contributed by atoms with Gasteiger partial charge in [-0.2, -0.15) is 0 Å². The predicted octanol–water partition coefficient (Wildman–Crippen LogP) is 4.40. The third-order valence-electron chi connectivity index (χ3n) is 5.51. The molecule has 0 fully saturated rings. The molecule has 1 aromatic heterocycles. The summed E-state index contributed by atoms with van der Waals surface area (Å²) in [6, 6.07) is 1.66. The average molecular weight is 336 g/mol. The van der Waals surface area contributed by atoms with Gasteiger partial charge in [-0.25, -0.2) is 4.79 Å². The molecule has 2 aliphatic rings. The van der Waals surface area contributed by atoms with Crippen molar-refractivity contribution in [2.75, 3.05) is 0 Å². The second-order valence-electron chi connectivity index (χ2n) is 8.11. The van der Waals surface area contributed by atoms with E-state index < -0.39 is 0 Å². The average Bonchev–Trinajstić information content (AvgIpc) is 2.53. The molecule has 0 amide bonds. The van der Waals surface area contributed by atoms with Gasteiger partial charge in [-0.05, 0) is 46.9 Å². The van der Waals surface area contributed by atoms with Gasteiger partial charge >= 0.3 is 5.63 Å². The van der Waals surface area contributed by atoms with E-state index >= 15 is 0 Å². The maximum absolute atomic E-state index is 12.2. The second kappa shape index (κ2) is 5.69. The van der Waals surface area contributed by atoms with Crippen molar-refractivity contribution in [2.45, 2.75) is 59.3 Å². The minimum absolute atomic E-state index is 0.0620. The number of carbonyl (C=O) groups is 1. The number of benzene rings is 1. The summed E-state index contributed by atoms with van der Waals surface area (Å²) < 4.78 is 5.73. The van der Waals surface area contributed by atoms with Gasteiger partial charge in [0.2, 0.25) is 0 Å². The molecule has 0 N–H and O–H groups in total. The third kappa shape index (κ3) is 2.66. The Bertz CT molecular complexity index is 973. The molecule has 0 atom stereocenters. The smallest absolute Gasteiger partial charge is 0.336 e. The molecule has 0 bridgehead atoms. The van der Waals surface area contributed by atoms with E-state index in [2.05, 4.69) is 32.9 Å². The van der Waals surface area contributed by atoms with Crippen molar-refractivity contribution in [3.05, 3.63) is 50.4 Å². The molecule has 2 aromatic rings. The van der Waals surface area contributed by atoms with Crippen molar-refractivity contribution in [3.8, 4) is 0 Å². The number of rotatable bonds is 2. The highest BCUT2D eigenvalue weighted by atomic mass is 16.4. The Balaban J connectivity index is 2.15. The topological polar surface area (TPSA) is 47.3 Å². The molecule has 0 radical (unpaired) electrons. The fourth-order valence-corrected chi connectivity index (χ4v) is 4.39. The van der Waals surface area contributed by atoms with Gasteiger partial charge in [-0.3, -0.25) is 4.79 Å². The minimum Gasteiger partial charge on any atom is -0.422 e. The molecule has 25 heavy (non-hydrogen) atoms. The first-order chi connectivity index (χ1) is 11.9. The highest BCUT2D eigenvalue weighted by Crippen LogP contribution is 2.42. The van der Waals surface area contributed by atoms with E-state index in [1.165, 1.54) is 11.1 Å². The standard InChI is InChI=1S/C22H24O3/c1-4-5-13-10-19(24)25-21-16-7-6-14(23)11-17(16)15-8-9-22(2,3)12-18(15)20(13)21/h8-10H,4-7,11-12H2,1-3H3. The summed E-state index contributed by atoms with van der Waals surface area (Å²) in [7, 11) is 0. The summed E-state index contributed by atoms with van der Waals surface area (Å²) in [5, 5.41) is 1.13. The Labute approximate surface area is 147 Å². The van der Waals surface area contributed by atoms with Crippen LogP contribution in [-0.2, 0) is 30.5 Å². The number of hydrogen-bond donors (Lipinski definition) is 0. The molecule has 0 spiro atoms. The number of aryl methyl sites for hydroxylation is 2. The van der Waals surface area contributed by atoms with Crippen molar-refractivity contribution in [3.63, 3.8) is 0 Å². The summed E-state index contributed by atoms with van der Waals surface area (Å²) in [5.74, 6) is 0.277. The van der Waals surface area contributed by atoms with Gasteiger partial charge in [0.25, 0.3) is 0 Å². The van der Waals surface area contributed by atoms with E-state index in [0.717, 1.165) is 46.9 Å². The Morgan fingerprint density at radius 2 is 1.92 bits per heavy atom. The van der Waals surface area contributed by atoms with E-state index in [9.17, 15) is 9.59 Å². The number of fused-ring (bicyclic) bond motifs is 6. The van der Waals surface area contributed by atoms with E-state index in [4.69, 9.17) is 4.42 Å². The van der Waals surface area contributed by atoms with Crippen LogP contribution in [0.5, 0.6) is 0 Å². The first-order valence-electron chi connectivity index (χ1n) is 9.24. The molecule has 130 valence electrons. The lowest BCUT2D eigenvalue weighted by molar-refractivity contribution is -0.118. The molecule has 1 aromatic carbocycles. The predicted molar refractivity (Wildman–Crippen MR) is 100 cm³/mol. The minimum atomic E-state index is -0.277. The fourth-order valence-electron chi connectivity index (χ4n) is 4.39. The van der Waals surface area contributed by atoms with Crippen LogP contribution in [0, 0.1) is 5.41 Å². The molecular formula is C22H24O3. The van der Waals surface area contributed by atoms with Crippen LogP contribution in [0.3, 0.4) is 0 Å². The van der Waals surface area contributed by atoms with Crippen LogP contribution in [0.2, 0.25) is 0 Å². The second-order valence-corrected chi connectivity index (χ2v) is 8.11. The van der Waals surface area contributed by atoms with E-state index in [1.807, 2.05) is 0 Å². The van der Waals surface area contributed by atoms with Gasteiger partial charge in [-0.15, -0.1) is 0 Å². The molecule has 2 aliphatic carbocycles. The molecule has 0 unspecified atom stereocenters. The molecule has 0 aliphatic heterocycles. The van der Waals surface area contributed by atoms with Crippen molar-refractivity contribution in [1.29, 1.82) is 0 Å². The van der Waals surface area contributed by atoms with E-state index in [1.54, 1.807) is 6.07 Å². The van der Waals surface area contributed by atoms with Crippen molar-refractivity contribution in [2.24, 2.45) is 5.41 Å².